The molecule has 1 aromatic carbocycles. The number of carbonyl (C=O) groups is 1. The highest BCUT2D eigenvalue weighted by Crippen LogP contribution is 2.26. The molecule has 4 heteroatoms. The Kier molecular flexibility index (Phi) is 5.21. The lowest BCUT2D eigenvalue weighted by molar-refractivity contribution is 0.0863. The van der Waals surface area contributed by atoms with Crippen LogP contribution in [0.3, 0.4) is 0 Å². The lowest BCUT2D eigenvalue weighted by Crippen LogP contribution is -2.39. The maximum atomic E-state index is 11.7. The Bertz CT molecular complexity index is 388. The molecule has 1 aliphatic rings. The maximum Gasteiger partial charge on any atom is 0.319 e. The van der Waals surface area contributed by atoms with Crippen molar-refractivity contribution >= 4 is 11.7 Å². The summed E-state index contributed by atoms with van der Waals surface area (Å²) in [6.45, 7) is 0.323. The van der Waals surface area contributed by atoms with Crippen molar-refractivity contribution in [1.29, 1.82) is 0 Å². The van der Waals surface area contributed by atoms with Crippen LogP contribution in [0.25, 0.3) is 0 Å². The smallest absolute Gasteiger partial charge is 0.319 e. The molecular weight excluding hydrogens is 240 g/mol. The minimum atomic E-state index is -0.429. The van der Waals surface area contributed by atoms with Crippen molar-refractivity contribution in [1.82, 2.24) is 5.32 Å². The molecule has 3 N–H and O–H groups in total. The summed E-state index contributed by atoms with van der Waals surface area (Å²) in [6, 6.07) is 9.03. The second kappa shape index (κ2) is 7.14. The van der Waals surface area contributed by atoms with E-state index in [1.54, 1.807) is 0 Å². The van der Waals surface area contributed by atoms with Gasteiger partial charge in [-0.15, -0.1) is 0 Å². The Morgan fingerprint density at radius 2 is 1.89 bits per heavy atom. The number of rotatable bonds is 4. The van der Waals surface area contributed by atoms with E-state index < -0.39 is 6.10 Å². The van der Waals surface area contributed by atoms with Gasteiger partial charge in [-0.2, -0.15) is 0 Å². The molecular formula is C15H22N2O2. The van der Waals surface area contributed by atoms with Crippen LogP contribution in [0.2, 0.25) is 0 Å². The molecule has 19 heavy (non-hydrogen) atoms. The number of amides is 2. The lowest BCUT2D eigenvalue weighted by atomic mass is 9.85. The number of aliphatic hydroxyl groups is 1. The van der Waals surface area contributed by atoms with Crippen LogP contribution in [0, 0.1) is 5.92 Å². The summed E-state index contributed by atoms with van der Waals surface area (Å²) in [5.41, 5.74) is 0.757. The van der Waals surface area contributed by atoms with E-state index >= 15 is 0 Å². The Morgan fingerprint density at radius 1 is 1.21 bits per heavy atom. The van der Waals surface area contributed by atoms with E-state index in [4.69, 9.17) is 0 Å². The van der Waals surface area contributed by atoms with Crippen molar-refractivity contribution in [2.24, 2.45) is 5.92 Å². The summed E-state index contributed by atoms with van der Waals surface area (Å²) >= 11 is 0. The van der Waals surface area contributed by atoms with Crippen molar-refractivity contribution in [3.63, 3.8) is 0 Å². The first-order valence-electron chi connectivity index (χ1n) is 7.03. The Labute approximate surface area is 114 Å². The Hall–Kier alpha value is -1.55. The first-order valence-corrected chi connectivity index (χ1v) is 7.03. The number of carbonyl (C=O) groups excluding carboxylic acids is 1. The number of aliphatic hydroxyl groups excluding tert-OH is 1. The molecule has 1 aromatic rings. The van der Waals surface area contributed by atoms with Gasteiger partial charge in [0.05, 0.1) is 6.10 Å². The molecule has 1 atom stereocenters. The Balaban J connectivity index is 1.71. The predicted molar refractivity (Wildman–Crippen MR) is 76.0 cm³/mol. The van der Waals surface area contributed by atoms with Gasteiger partial charge in [0.2, 0.25) is 0 Å². The third kappa shape index (κ3) is 4.56. The van der Waals surface area contributed by atoms with E-state index in [-0.39, 0.29) is 6.03 Å². The van der Waals surface area contributed by atoms with Crippen LogP contribution in [0.1, 0.15) is 32.1 Å². The Morgan fingerprint density at radius 3 is 2.58 bits per heavy atom. The fourth-order valence-corrected chi connectivity index (χ4v) is 2.58. The van der Waals surface area contributed by atoms with E-state index in [9.17, 15) is 9.90 Å². The number of benzene rings is 1. The number of hydrogen-bond donors (Lipinski definition) is 3. The number of urea groups is 1. The fourth-order valence-electron chi connectivity index (χ4n) is 2.58. The molecule has 0 bridgehead atoms. The molecule has 0 saturated heterocycles. The van der Waals surface area contributed by atoms with Gasteiger partial charge in [0.15, 0.2) is 0 Å². The van der Waals surface area contributed by atoms with Crippen LogP contribution < -0.4 is 10.6 Å². The van der Waals surface area contributed by atoms with Crippen molar-refractivity contribution in [2.75, 3.05) is 11.9 Å². The highest BCUT2D eigenvalue weighted by Gasteiger charge is 2.21. The van der Waals surface area contributed by atoms with E-state index in [0.29, 0.717) is 12.5 Å². The number of anilines is 1. The van der Waals surface area contributed by atoms with Crippen molar-refractivity contribution in [2.45, 2.75) is 38.2 Å². The van der Waals surface area contributed by atoms with Crippen LogP contribution in [0.4, 0.5) is 10.5 Å². The van der Waals surface area contributed by atoms with Crippen LogP contribution in [-0.2, 0) is 0 Å². The summed E-state index contributed by atoms with van der Waals surface area (Å²) < 4.78 is 0. The van der Waals surface area contributed by atoms with E-state index in [1.807, 2.05) is 30.3 Å². The number of para-hydroxylation sites is 1. The zero-order chi connectivity index (χ0) is 13.5. The van der Waals surface area contributed by atoms with Gasteiger partial charge in [-0.1, -0.05) is 37.5 Å². The maximum absolute atomic E-state index is 11.7. The fraction of sp³-hybridized carbons (Fsp3) is 0.533. The van der Waals surface area contributed by atoms with Gasteiger partial charge < -0.3 is 15.7 Å². The van der Waals surface area contributed by atoms with Crippen LogP contribution in [0.5, 0.6) is 0 Å². The van der Waals surface area contributed by atoms with Gasteiger partial charge in [-0.3, -0.25) is 0 Å². The summed E-state index contributed by atoms with van der Waals surface area (Å²) in [7, 11) is 0. The molecule has 1 aliphatic carbocycles. The van der Waals surface area contributed by atoms with Crippen molar-refractivity contribution in [3.05, 3.63) is 30.3 Å². The normalized spacial score (nSPS) is 17.7. The quantitative estimate of drug-likeness (QED) is 0.781. The third-order valence-corrected chi connectivity index (χ3v) is 3.70. The van der Waals surface area contributed by atoms with Crippen LogP contribution in [-0.4, -0.2) is 23.8 Å². The first kappa shape index (κ1) is 13.9. The van der Waals surface area contributed by atoms with Crippen molar-refractivity contribution < 1.29 is 9.90 Å². The minimum absolute atomic E-state index is 0.263. The molecule has 0 radical (unpaired) electrons. The second-order valence-corrected chi connectivity index (χ2v) is 5.17. The summed E-state index contributed by atoms with van der Waals surface area (Å²) in [4.78, 5) is 11.7. The van der Waals surface area contributed by atoms with Gasteiger partial charge in [0.25, 0.3) is 0 Å². The number of nitrogens with one attached hydrogen (secondary N) is 2. The van der Waals surface area contributed by atoms with Gasteiger partial charge in [0.1, 0.15) is 0 Å². The standard InChI is InChI=1S/C15H22N2O2/c18-14(12-7-3-1-4-8-12)11-16-15(19)17-13-9-5-2-6-10-13/h2,5-6,9-10,12,14,18H,1,3-4,7-8,11H2,(H2,16,17,19)/t14-/m1/s1. The van der Waals surface area contributed by atoms with Gasteiger partial charge in [-0.05, 0) is 30.9 Å². The molecule has 0 aliphatic heterocycles. The number of hydrogen-bond acceptors (Lipinski definition) is 2. The zero-order valence-corrected chi connectivity index (χ0v) is 11.1. The molecule has 2 amide bonds. The molecule has 0 unspecified atom stereocenters. The second-order valence-electron chi connectivity index (χ2n) is 5.17. The van der Waals surface area contributed by atoms with E-state index in [1.165, 1.54) is 19.3 Å². The first-order chi connectivity index (χ1) is 9.25. The largest absolute Gasteiger partial charge is 0.391 e. The molecule has 1 saturated carbocycles. The molecule has 4 nitrogen and oxygen atoms in total. The molecule has 0 spiro atoms. The topological polar surface area (TPSA) is 61.4 Å². The van der Waals surface area contributed by atoms with Gasteiger partial charge in [0, 0.05) is 12.2 Å². The lowest BCUT2D eigenvalue weighted by Gasteiger charge is -2.26. The average molecular weight is 262 g/mol. The molecule has 2 rings (SSSR count). The summed E-state index contributed by atoms with van der Waals surface area (Å²) in [5.74, 6) is 0.339. The zero-order valence-electron chi connectivity index (χ0n) is 11.1. The predicted octanol–water partition coefficient (Wildman–Crippen LogP) is 2.75. The van der Waals surface area contributed by atoms with Gasteiger partial charge in [-0.25, -0.2) is 4.79 Å². The minimum Gasteiger partial charge on any atom is -0.391 e. The average Bonchev–Trinajstić information content (AvgIpc) is 2.47. The molecule has 0 aromatic heterocycles. The molecule has 0 heterocycles. The highest BCUT2D eigenvalue weighted by atomic mass is 16.3. The third-order valence-electron chi connectivity index (χ3n) is 3.70. The van der Waals surface area contributed by atoms with E-state index in [0.717, 1.165) is 18.5 Å². The van der Waals surface area contributed by atoms with Crippen LogP contribution >= 0.6 is 0 Å². The van der Waals surface area contributed by atoms with Gasteiger partial charge >= 0.3 is 6.03 Å². The SMILES string of the molecule is O=C(NC[C@@H](O)C1CCCCC1)Nc1ccccc1. The van der Waals surface area contributed by atoms with Crippen LogP contribution in [0.15, 0.2) is 30.3 Å². The van der Waals surface area contributed by atoms with Crippen molar-refractivity contribution in [3.8, 4) is 0 Å². The summed E-state index contributed by atoms with van der Waals surface area (Å²) in [6.07, 6.45) is 5.37. The summed E-state index contributed by atoms with van der Waals surface area (Å²) in [5, 5.41) is 15.5. The highest BCUT2D eigenvalue weighted by molar-refractivity contribution is 5.89. The molecule has 104 valence electrons. The monoisotopic (exact) mass is 262 g/mol. The van der Waals surface area contributed by atoms with E-state index in [2.05, 4.69) is 10.6 Å². The molecule has 1 fully saturated rings.